The van der Waals surface area contributed by atoms with E-state index in [9.17, 15) is 33.9 Å². The third-order valence-corrected chi connectivity index (χ3v) is 11.3. The van der Waals surface area contributed by atoms with Gasteiger partial charge in [-0.2, -0.15) is 0 Å². The lowest BCUT2D eigenvalue weighted by atomic mass is 9.44. The van der Waals surface area contributed by atoms with Crippen LogP contribution in [0.15, 0.2) is 41.5 Å². The quantitative estimate of drug-likeness (QED) is 0.247. The zero-order chi connectivity index (χ0) is 37.8. The Labute approximate surface area is 296 Å². The van der Waals surface area contributed by atoms with Gasteiger partial charge in [0, 0.05) is 52.9 Å². The van der Waals surface area contributed by atoms with Gasteiger partial charge in [0.2, 0.25) is 0 Å². The average molecular weight is 715 g/mol. The summed E-state index contributed by atoms with van der Waals surface area (Å²) in [5.41, 5.74) is -6.32. The zero-order valence-electron chi connectivity index (χ0n) is 30.3. The molecule has 1 aromatic carbocycles. The van der Waals surface area contributed by atoms with Gasteiger partial charge in [0.15, 0.2) is 17.8 Å². The molecule has 1 aromatic rings. The molecule has 4 aliphatic rings. The Hall–Kier alpha value is -4.30. The van der Waals surface area contributed by atoms with Gasteiger partial charge in [0.25, 0.3) is 0 Å². The van der Waals surface area contributed by atoms with Crippen LogP contribution in [-0.2, 0) is 57.1 Å². The number of hydrogen-bond donors (Lipinski definition) is 1. The largest absolute Gasteiger partial charge is 0.462 e. The summed E-state index contributed by atoms with van der Waals surface area (Å²) in [7, 11) is 0. The number of carbonyl (C=O) groups is 6. The predicted molar refractivity (Wildman–Crippen MR) is 174 cm³/mol. The van der Waals surface area contributed by atoms with Crippen LogP contribution in [0.25, 0.3) is 0 Å². The number of carbonyl (C=O) groups excluding carboxylic acids is 6. The Balaban J connectivity index is 1.95. The summed E-state index contributed by atoms with van der Waals surface area (Å²) in [5.74, 6) is -5.93. The Morgan fingerprint density at radius 2 is 1.35 bits per heavy atom. The van der Waals surface area contributed by atoms with Crippen LogP contribution in [0.1, 0.15) is 85.5 Å². The van der Waals surface area contributed by atoms with Crippen molar-refractivity contribution in [3.05, 3.63) is 47.0 Å². The molecule has 14 heteroatoms. The standard InChI is InChI=1S/C37H46O14/c1-18-25(46-19(2)38)16-37(44)32(50-33(43)24-13-11-10-12-14-24)30-35(9,26(47-20(3)39)15-27-36(30,17-45-27)51-23(6)42)31(49-22(5)41)29(48-21(4)40)28(18)34(37,7)8/h10-14,25-27,29-32,44H,15-17H2,1-9H3/t25-,26-,27-,29+,30-,31+,32-,35-,36-,37+/m0/s1. The molecule has 3 fully saturated rings. The van der Waals surface area contributed by atoms with Gasteiger partial charge in [-0.05, 0) is 30.2 Å². The van der Waals surface area contributed by atoms with Crippen molar-refractivity contribution in [3.8, 4) is 0 Å². The molecule has 10 atom stereocenters. The van der Waals surface area contributed by atoms with Crippen LogP contribution in [0.2, 0.25) is 0 Å². The second-order valence-electron chi connectivity index (χ2n) is 14.7. The number of benzene rings is 1. The average Bonchev–Trinajstić information content (AvgIpc) is 3.00. The number of esters is 6. The zero-order valence-corrected chi connectivity index (χ0v) is 30.3. The molecule has 14 nitrogen and oxygen atoms in total. The number of fused-ring (bicyclic) bond motifs is 5. The molecule has 1 heterocycles. The van der Waals surface area contributed by atoms with E-state index >= 15 is 0 Å². The van der Waals surface area contributed by atoms with Crippen molar-refractivity contribution in [3.63, 3.8) is 0 Å². The van der Waals surface area contributed by atoms with E-state index in [1.807, 2.05) is 0 Å². The fraction of sp³-hybridized carbons (Fsp3) is 0.622. The molecule has 51 heavy (non-hydrogen) atoms. The normalized spacial score (nSPS) is 36.3. The van der Waals surface area contributed by atoms with E-state index in [-0.39, 0.29) is 30.6 Å². The van der Waals surface area contributed by atoms with E-state index in [0.717, 1.165) is 13.8 Å². The SMILES string of the molecule is CC(=O)O[C@H]1C[C@@]2(O)[C@@H](OC(=O)c3ccccc3)[C@@H]3[C@]4(OC(C)=O)CO[C@H]4C[C@H](OC(C)=O)[C@]3(C)[C@H](OC(C)=O)[C@H](OC(C)=O)C(=C1C)C2(C)C. The van der Waals surface area contributed by atoms with Crippen molar-refractivity contribution in [2.24, 2.45) is 16.7 Å². The summed E-state index contributed by atoms with van der Waals surface area (Å²) in [6.07, 6.45) is -8.34. The Morgan fingerprint density at radius 3 is 1.86 bits per heavy atom. The molecule has 5 rings (SSSR count). The van der Waals surface area contributed by atoms with E-state index in [2.05, 4.69) is 0 Å². The Morgan fingerprint density at radius 1 is 0.765 bits per heavy atom. The molecule has 1 saturated heterocycles. The van der Waals surface area contributed by atoms with Gasteiger partial charge in [0.1, 0.15) is 30.0 Å². The summed E-state index contributed by atoms with van der Waals surface area (Å²) >= 11 is 0. The molecule has 1 aliphatic heterocycles. The third-order valence-electron chi connectivity index (χ3n) is 11.3. The van der Waals surface area contributed by atoms with Crippen molar-refractivity contribution in [2.45, 2.75) is 123 Å². The third kappa shape index (κ3) is 6.19. The van der Waals surface area contributed by atoms with Crippen molar-refractivity contribution in [1.29, 1.82) is 0 Å². The maximum absolute atomic E-state index is 14.2. The van der Waals surface area contributed by atoms with Crippen LogP contribution < -0.4 is 0 Å². The lowest BCUT2D eigenvalue weighted by Crippen LogP contribution is -2.82. The highest BCUT2D eigenvalue weighted by Gasteiger charge is 2.79. The van der Waals surface area contributed by atoms with E-state index in [0.29, 0.717) is 5.57 Å². The molecular weight excluding hydrogens is 668 g/mol. The predicted octanol–water partition coefficient (Wildman–Crippen LogP) is 3.16. The van der Waals surface area contributed by atoms with E-state index < -0.39 is 100 Å². The molecule has 1 N–H and O–H groups in total. The van der Waals surface area contributed by atoms with Gasteiger partial charge in [-0.3, -0.25) is 24.0 Å². The lowest BCUT2D eigenvalue weighted by molar-refractivity contribution is -0.365. The van der Waals surface area contributed by atoms with Crippen LogP contribution in [0.4, 0.5) is 0 Å². The first-order valence-electron chi connectivity index (χ1n) is 16.9. The second-order valence-corrected chi connectivity index (χ2v) is 14.7. The molecule has 0 unspecified atom stereocenters. The molecular formula is C37H46O14. The fourth-order valence-corrected chi connectivity index (χ4v) is 9.16. The minimum Gasteiger partial charge on any atom is -0.462 e. The van der Waals surface area contributed by atoms with E-state index in [1.165, 1.54) is 32.9 Å². The molecule has 0 amide bonds. The number of ether oxygens (including phenoxy) is 7. The van der Waals surface area contributed by atoms with Crippen molar-refractivity contribution >= 4 is 35.8 Å². The van der Waals surface area contributed by atoms with Gasteiger partial charge in [-0.25, -0.2) is 4.79 Å². The van der Waals surface area contributed by atoms with Crippen LogP contribution in [0.5, 0.6) is 0 Å². The summed E-state index contributed by atoms with van der Waals surface area (Å²) in [4.78, 5) is 78.6. The van der Waals surface area contributed by atoms with Crippen molar-refractivity contribution < 1.29 is 67.0 Å². The highest BCUT2D eigenvalue weighted by molar-refractivity contribution is 5.89. The van der Waals surface area contributed by atoms with Gasteiger partial charge >= 0.3 is 35.8 Å². The van der Waals surface area contributed by atoms with Crippen LogP contribution in [-0.4, -0.2) is 95.4 Å². The molecule has 2 saturated carbocycles. The molecule has 3 aliphatic carbocycles. The highest BCUT2D eigenvalue weighted by Crippen LogP contribution is 2.66. The van der Waals surface area contributed by atoms with Crippen molar-refractivity contribution in [1.82, 2.24) is 0 Å². The van der Waals surface area contributed by atoms with Crippen LogP contribution >= 0.6 is 0 Å². The van der Waals surface area contributed by atoms with Gasteiger partial charge < -0.3 is 38.3 Å². The maximum atomic E-state index is 14.2. The molecule has 0 aromatic heterocycles. The number of rotatable bonds is 7. The first-order valence-corrected chi connectivity index (χ1v) is 16.9. The summed E-state index contributed by atoms with van der Waals surface area (Å²) in [6.45, 7) is 12.2. The van der Waals surface area contributed by atoms with Gasteiger partial charge in [-0.1, -0.05) is 39.0 Å². The summed E-state index contributed by atoms with van der Waals surface area (Å²) < 4.78 is 42.5. The van der Waals surface area contributed by atoms with Gasteiger partial charge in [-0.15, -0.1) is 0 Å². The second kappa shape index (κ2) is 13.4. The van der Waals surface area contributed by atoms with Crippen molar-refractivity contribution in [2.75, 3.05) is 6.61 Å². The minimum absolute atomic E-state index is 0.0698. The topological polar surface area (TPSA) is 187 Å². The van der Waals surface area contributed by atoms with Crippen LogP contribution in [0, 0.1) is 16.7 Å². The molecule has 278 valence electrons. The monoisotopic (exact) mass is 714 g/mol. The summed E-state index contributed by atoms with van der Waals surface area (Å²) in [5, 5.41) is 13.5. The molecule has 0 spiro atoms. The lowest BCUT2D eigenvalue weighted by Gasteiger charge is -2.69. The molecule has 2 bridgehead atoms. The highest BCUT2D eigenvalue weighted by atomic mass is 16.6. The number of hydrogen-bond acceptors (Lipinski definition) is 14. The Kier molecular flexibility index (Phi) is 9.93. The van der Waals surface area contributed by atoms with Crippen LogP contribution in [0.3, 0.4) is 0 Å². The smallest absolute Gasteiger partial charge is 0.338 e. The Bertz CT molecular complexity index is 1650. The summed E-state index contributed by atoms with van der Waals surface area (Å²) in [6, 6.07) is 8.02. The first-order chi connectivity index (χ1) is 23.7. The van der Waals surface area contributed by atoms with E-state index in [4.69, 9.17) is 33.2 Å². The number of aliphatic hydroxyl groups is 1. The minimum atomic E-state index is -2.19. The van der Waals surface area contributed by atoms with E-state index in [1.54, 1.807) is 45.9 Å². The fourth-order valence-electron chi connectivity index (χ4n) is 9.16. The maximum Gasteiger partial charge on any atom is 0.338 e. The first kappa shape index (κ1) is 37.9. The molecule has 0 radical (unpaired) electrons. The van der Waals surface area contributed by atoms with Gasteiger partial charge in [0.05, 0.1) is 23.5 Å².